The molecule has 2 aromatic carbocycles. The van der Waals surface area contributed by atoms with Gasteiger partial charge < -0.3 is 9.80 Å². The third kappa shape index (κ3) is 3.77. The number of benzene rings is 2. The predicted octanol–water partition coefficient (Wildman–Crippen LogP) is 0.0368. The second kappa shape index (κ2) is 7.95. The zero-order valence-corrected chi connectivity index (χ0v) is 16.9. The highest BCUT2D eigenvalue weighted by atomic mass is 32.2. The fourth-order valence-corrected chi connectivity index (χ4v) is 5.63. The number of hydrogen-bond acceptors (Lipinski definition) is 4. The number of nitrogens with one attached hydrogen (secondary N) is 1. The summed E-state index contributed by atoms with van der Waals surface area (Å²) in [4.78, 5) is 15.8. The molecule has 0 unspecified atom stereocenters. The Balaban J connectivity index is 1.39. The van der Waals surface area contributed by atoms with Crippen LogP contribution in [-0.4, -0.2) is 57.9 Å². The predicted molar refractivity (Wildman–Crippen MR) is 108 cm³/mol. The van der Waals surface area contributed by atoms with Gasteiger partial charge in [-0.05, 0) is 30.2 Å². The Bertz CT molecular complexity index is 1070. The molecular formula is C21H23N4O3S+. The van der Waals surface area contributed by atoms with Gasteiger partial charge in [-0.15, -0.1) is 0 Å². The van der Waals surface area contributed by atoms with Crippen LogP contribution >= 0.6 is 0 Å². The van der Waals surface area contributed by atoms with Crippen molar-refractivity contribution in [1.82, 2.24) is 4.31 Å². The van der Waals surface area contributed by atoms with E-state index in [9.17, 15) is 18.5 Å². The number of amides is 1. The molecule has 0 radical (unpaired) electrons. The molecule has 2 aromatic rings. The minimum atomic E-state index is -3.71. The lowest BCUT2D eigenvalue weighted by Gasteiger charge is -2.32. The monoisotopic (exact) mass is 411 g/mol. The van der Waals surface area contributed by atoms with Gasteiger partial charge in [0.15, 0.2) is 6.54 Å². The first kappa shape index (κ1) is 19.6. The second-order valence-electron chi connectivity index (χ2n) is 7.36. The summed E-state index contributed by atoms with van der Waals surface area (Å²) in [7, 11) is -3.71. The Morgan fingerprint density at radius 2 is 1.72 bits per heavy atom. The highest BCUT2D eigenvalue weighted by Gasteiger charge is 2.34. The summed E-state index contributed by atoms with van der Waals surface area (Å²) in [5.74, 6) is 0.0797. The highest BCUT2D eigenvalue weighted by molar-refractivity contribution is 7.89. The number of hydrogen-bond donors (Lipinski definition) is 1. The smallest absolute Gasteiger partial charge is 0.282 e. The summed E-state index contributed by atoms with van der Waals surface area (Å²) in [5.41, 5.74) is 2.35. The number of anilines is 1. The van der Waals surface area contributed by atoms with Gasteiger partial charge in [-0.2, -0.15) is 9.57 Å². The van der Waals surface area contributed by atoms with Gasteiger partial charge in [0.2, 0.25) is 10.0 Å². The van der Waals surface area contributed by atoms with E-state index in [0.29, 0.717) is 39.3 Å². The van der Waals surface area contributed by atoms with E-state index in [2.05, 4.69) is 6.07 Å². The number of para-hydroxylation sites is 1. The molecule has 0 spiro atoms. The van der Waals surface area contributed by atoms with Gasteiger partial charge in [0, 0.05) is 12.2 Å². The van der Waals surface area contributed by atoms with Gasteiger partial charge >= 0.3 is 0 Å². The van der Waals surface area contributed by atoms with Gasteiger partial charge in [0.1, 0.15) is 6.07 Å². The molecule has 0 aromatic heterocycles. The van der Waals surface area contributed by atoms with E-state index < -0.39 is 10.0 Å². The summed E-state index contributed by atoms with van der Waals surface area (Å²) in [6.45, 7) is 2.86. The van der Waals surface area contributed by atoms with Gasteiger partial charge in [0.25, 0.3) is 5.91 Å². The standard InChI is InChI=1S/C21H22N4O3S/c22-15-18-6-2-4-8-20(18)29(27,28)24-13-11-23(12-14-24)16-21(26)25-10-9-17-5-1-3-7-19(17)25/h1-8H,9-14,16H2/p+1. The summed E-state index contributed by atoms with van der Waals surface area (Å²) >= 11 is 0. The molecule has 2 heterocycles. The van der Waals surface area contributed by atoms with E-state index in [1.165, 1.54) is 22.0 Å². The molecule has 2 aliphatic heterocycles. The molecule has 0 atom stereocenters. The second-order valence-corrected chi connectivity index (χ2v) is 9.27. The topological polar surface area (TPSA) is 85.9 Å². The van der Waals surface area contributed by atoms with E-state index in [0.717, 1.165) is 17.0 Å². The van der Waals surface area contributed by atoms with Crippen molar-refractivity contribution >= 4 is 21.6 Å². The molecule has 0 bridgehead atoms. The number of quaternary nitrogens is 1. The van der Waals surface area contributed by atoms with Crippen molar-refractivity contribution in [3.63, 3.8) is 0 Å². The summed E-state index contributed by atoms with van der Waals surface area (Å²) < 4.78 is 27.3. The van der Waals surface area contributed by atoms with Crippen LogP contribution in [0.3, 0.4) is 0 Å². The average molecular weight is 412 g/mol. The molecule has 1 saturated heterocycles. The molecule has 4 rings (SSSR count). The number of nitriles is 1. The lowest BCUT2D eigenvalue weighted by Crippen LogP contribution is -3.15. The quantitative estimate of drug-likeness (QED) is 0.770. The lowest BCUT2D eigenvalue weighted by atomic mass is 10.2. The minimum Gasteiger partial charge on any atom is -0.325 e. The Morgan fingerprint density at radius 3 is 2.48 bits per heavy atom. The van der Waals surface area contributed by atoms with Crippen molar-refractivity contribution in [3.8, 4) is 6.07 Å². The Kier molecular flexibility index (Phi) is 5.37. The highest BCUT2D eigenvalue weighted by Crippen LogP contribution is 2.27. The Labute approximate surface area is 170 Å². The molecule has 1 N–H and O–H groups in total. The maximum Gasteiger partial charge on any atom is 0.282 e. The van der Waals surface area contributed by atoms with Gasteiger partial charge in [0.05, 0.1) is 36.6 Å². The zero-order valence-electron chi connectivity index (χ0n) is 16.0. The summed E-state index contributed by atoms with van der Waals surface area (Å²) in [6.07, 6.45) is 0.877. The minimum absolute atomic E-state index is 0.0516. The van der Waals surface area contributed by atoms with E-state index >= 15 is 0 Å². The maximum atomic E-state index is 12.9. The first-order valence-electron chi connectivity index (χ1n) is 9.72. The Hall–Kier alpha value is -2.73. The first-order chi connectivity index (χ1) is 14.0. The third-order valence-corrected chi connectivity index (χ3v) is 7.60. The van der Waals surface area contributed by atoms with E-state index in [1.54, 1.807) is 12.1 Å². The van der Waals surface area contributed by atoms with Crippen molar-refractivity contribution in [2.24, 2.45) is 0 Å². The number of sulfonamides is 1. The van der Waals surface area contributed by atoms with Crippen LogP contribution in [0.15, 0.2) is 53.4 Å². The van der Waals surface area contributed by atoms with Crippen molar-refractivity contribution < 1.29 is 18.1 Å². The van der Waals surface area contributed by atoms with Crippen molar-refractivity contribution in [3.05, 3.63) is 59.7 Å². The first-order valence-corrected chi connectivity index (χ1v) is 11.2. The fourth-order valence-electron chi connectivity index (χ4n) is 4.05. The molecule has 0 saturated carbocycles. The molecule has 2 aliphatic rings. The average Bonchev–Trinajstić information content (AvgIpc) is 3.18. The van der Waals surface area contributed by atoms with E-state index in [4.69, 9.17) is 0 Å². The van der Waals surface area contributed by atoms with Crippen LogP contribution in [0.25, 0.3) is 0 Å². The number of carbonyl (C=O) groups excluding carboxylic acids is 1. The number of fused-ring (bicyclic) bond motifs is 1. The zero-order chi connectivity index (χ0) is 20.4. The summed E-state index contributed by atoms with van der Waals surface area (Å²) in [5, 5.41) is 9.22. The van der Waals surface area contributed by atoms with Crippen LogP contribution in [0.5, 0.6) is 0 Å². The number of nitrogens with zero attached hydrogens (tertiary/aromatic N) is 3. The van der Waals surface area contributed by atoms with Crippen molar-refractivity contribution in [2.75, 3.05) is 44.2 Å². The summed E-state index contributed by atoms with van der Waals surface area (Å²) in [6, 6.07) is 16.2. The fraction of sp³-hybridized carbons (Fsp3) is 0.333. The molecule has 1 fully saturated rings. The van der Waals surface area contributed by atoms with Crippen molar-refractivity contribution in [2.45, 2.75) is 11.3 Å². The molecule has 0 aliphatic carbocycles. The SMILES string of the molecule is N#Cc1ccccc1S(=O)(=O)N1CC[NH+](CC(=O)N2CCc3ccccc32)CC1. The van der Waals surface area contributed by atoms with Gasteiger partial charge in [-0.25, -0.2) is 8.42 Å². The van der Waals surface area contributed by atoms with Gasteiger partial charge in [-0.1, -0.05) is 30.3 Å². The number of rotatable bonds is 4. The number of carbonyl (C=O) groups is 1. The normalized spacial score (nSPS) is 17.7. The third-order valence-electron chi connectivity index (χ3n) is 5.64. The van der Waals surface area contributed by atoms with E-state index in [1.807, 2.05) is 29.2 Å². The molecule has 7 nitrogen and oxygen atoms in total. The molecule has 8 heteroatoms. The maximum absolute atomic E-state index is 12.9. The van der Waals surface area contributed by atoms with Crippen molar-refractivity contribution in [1.29, 1.82) is 5.26 Å². The molecule has 1 amide bonds. The van der Waals surface area contributed by atoms with Crippen LogP contribution in [-0.2, 0) is 21.2 Å². The van der Waals surface area contributed by atoms with Gasteiger partial charge in [-0.3, -0.25) is 4.79 Å². The molecular weight excluding hydrogens is 388 g/mol. The largest absolute Gasteiger partial charge is 0.325 e. The van der Waals surface area contributed by atoms with E-state index in [-0.39, 0.29) is 16.4 Å². The van der Waals surface area contributed by atoms with Crippen LogP contribution in [0.4, 0.5) is 5.69 Å². The van der Waals surface area contributed by atoms with Crippen LogP contribution < -0.4 is 9.80 Å². The Morgan fingerprint density at radius 1 is 1.03 bits per heavy atom. The van der Waals surface area contributed by atoms with Crippen LogP contribution in [0.2, 0.25) is 0 Å². The molecule has 29 heavy (non-hydrogen) atoms. The lowest BCUT2D eigenvalue weighted by molar-refractivity contribution is -0.895. The van der Waals surface area contributed by atoms with Crippen LogP contribution in [0.1, 0.15) is 11.1 Å². The molecule has 150 valence electrons. The van der Waals surface area contributed by atoms with Crippen LogP contribution in [0, 0.1) is 11.3 Å². The number of piperazine rings is 1.